The molecule has 0 fully saturated rings. The number of hydrogen-bond donors (Lipinski definition) is 3. The number of aliphatic hydroxyl groups is 2. The molecule has 0 radical (unpaired) electrons. The maximum Gasteiger partial charge on any atom is 0.305 e. The van der Waals surface area contributed by atoms with Crippen molar-refractivity contribution in [3.63, 3.8) is 0 Å². The van der Waals surface area contributed by atoms with Crippen LogP contribution in [0.2, 0.25) is 0 Å². The first kappa shape index (κ1) is 70.8. The average molecular weight is 1020 g/mol. The van der Waals surface area contributed by atoms with E-state index in [0.29, 0.717) is 19.4 Å². The number of rotatable bonds is 60. The quantitative estimate of drug-likeness (QED) is 0.0320. The maximum atomic E-state index is 12.4. The van der Waals surface area contributed by atoms with Crippen molar-refractivity contribution >= 4 is 11.9 Å². The number of nitrogens with one attached hydrogen (secondary N) is 1. The number of amides is 1. The summed E-state index contributed by atoms with van der Waals surface area (Å²) in [7, 11) is 0. The lowest BCUT2D eigenvalue weighted by Crippen LogP contribution is -2.45. The van der Waals surface area contributed by atoms with E-state index in [1.807, 2.05) is 6.08 Å². The number of esters is 1. The van der Waals surface area contributed by atoms with Gasteiger partial charge in [0, 0.05) is 12.8 Å². The van der Waals surface area contributed by atoms with Crippen molar-refractivity contribution in [3.05, 3.63) is 48.6 Å². The largest absolute Gasteiger partial charge is 0.466 e. The topological polar surface area (TPSA) is 95.9 Å². The summed E-state index contributed by atoms with van der Waals surface area (Å²) in [6, 6.07) is -0.625. The minimum atomic E-state index is -0.841. The summed E-state index contributed by atoms with van der Waals surface area (Å²) in [5, 5.41) is 23.0. The van der Waals surface area contributed by atoms with Crippen LogP contribution in [0.1, 0.15) is 341 Å². The predicted molar refractivity (Wildman–Crippen MR) is 319 cm³/mol. The second kappa shape index (κ2) is 62.4. The van der Waals surface area contributed by atoms with E-state index in [2.05, 4.69) is 55.6 Å². The van der Waals surface area contributed by atoms with Gasteiger partial charge in [-0.2, -0.15) is 0 Å². The van der Waals surface area contributed by atoms with Crippen LogP contribution in [0.25, 0.3) is 0 Å². The van der Waals surface area contributed by atoms with E-state index in [1.54, 1.807) is 6.08 Å². The summed E-state index contributed by atoms with van der Waals surface area (Å²) >= 11 is 0. The molecule has 0 rings (SSSR count). The zero-order chi connectivity index (χ0) is 52.9. The fourth-order valence-corrected chi connectivity index (χ4v) is 9.84. The lowest BCUT2D eigenvalue weighted by Gasteiger charge is -2.20. The number of hydrogen-bond acceptors (Lipinski definition) is 5. The summed E-state index contributed by atoms with van der Waals surface area (Å²) < 4.78 is 5.49. The third-order valence-electron chi connectivity index (χ3n) is 14.8. The summed E-state index contributed by atoms with van der Waals surface area (Å²) in [4.78, 5) is 24.5. The predicted octanol–water partition coefficient (Wildman–Crippen LogP) is 20.5. The number of allylic oxidation sites excluding steroid dienone is 7. The van der Waals surface area contributed by atoms with Crippen molar-refractivity contribution in [1.29, 1.82) is 0 Å². The number of ether oxygens (including phenoxy) is 1. The monoisotopic (exact) mass is 1020 g/mol. The van der Waals surface area contributed by atoms with Crippen LogP contribution in [0, 0.1) is 0 Å². The van der Waals surface area contributed by atoms with Gasteiger partial charge < -0.3 is 20.3 Å². The molecule has 6 heteroatoms. The van der Waals surface area contributed by atoms with Crippen LogP contribution in [0.3, 0.4) is 0 Å². The molecule has 0 saturated heterocycles. The third kappa shape index (κ3) is 58.9. The number of aliphatic hydroxyl groups excluding tert-OH is 2. The van der Waals surface area contributed by atoms with E-state index in [1.165, 1.54) is 263 Å². The number of unbranched alkanes of at least 4 members (excludes halogenated alkanes) is 43. The molecule has 6 nitrogen and oxygen atoms in total. The second-order valence-electron chi connectivity index (χ2n) is 22.1. The normalized spacial score (nSPS) is 12.9. The Morgan fingerprint density at radius 3 is 1.08 bits per heavy atom. The van der Waals surface area contributed by atoms with Crippen LogP contribution < -0.4 is 5.32 Å². The standard InChI is InChI=1S/C67H125NO5/c1-3-5-7-9-11-13-14-15-16-31-35-38-41-45-49-53-57-61-67(72)73-62-58-54-50-46-42-39-36-33-30-28-26-24-22-20-18-17-19-21-23-25-27-29-32-34-37-40-44-48-52-56-60-66(71)68-64(63-69)65(70)59-55-51-47-43-12-10-8-6-4-2/h11,13,15-16,18,20,55,59,64-65,69-70H,3-10,12,14,17,19,21-54,56-58,60-63H2,1-2H3,(H,68,71)/b13-11-,16-15-,20-18-,59-55+. The van der Waals surface area contributed by atoms with E-state index < -0.39 is 12.1 Å². The molecule has 0 aliphatic rings. The van der Waals surface area contributed by atoms with Crippen molar-refractivity contribution < 1.29 is 24.5 Å². The van der Waals surface area contributed by atoms with Gasteiger partial charge in [0.15, 0.2) is 0 Å². The van der Waals surface area contributed by atoms with Gasteiger partial charge in [-0.15, -0.1) is 0 Å². The Labute approximate surface area is 455 Å². The Hall–Kier alpha value is -2.18. The molecule has 2 atom stereocenters. The fraction of sp³-hybridized carbons (Fsp3) is 0.851. The highest BCUT2D eigenvalue weighted by Gasteiger charge is 2.18. The molecule has 428 valence electrons. The summed E-state index contributed by atoms with van der Waals surface area (Å²) in [6.45, 7) is 4.86. The zero-order valence-electron chi connectivity index (χ0n) is 48.9. The molecule has 0 heterocycles. The molecule has 0 spiro atoms. The first-order chi connectivity index (χ1) is 36.0. The number of carbonyl (C=O) groups excluding carboxylic acids is 2. The number of carbonyl (C=O) groups is 2. The Morgan fingerprint density at radius 2 is 0.685 bits per heavy atom. The smallest absolute Gasteiger partial charge is 0.305 e. The van der Waals surface area contributed by atoms with Crippen LogP contribution in [-0.2, 0) is 14.3 Å². The van der Waals surface area contributed by atoms with Crippen LogP contribution in [0.15, 0.2) is 48.6 Å². The minimum absolute atomic E-state index is 0.00870. The van der Waals surface area contributed by atoms with E-state index in [-0.39, 0.29) is 18.5 Å². The third-order valence-corrected chi connectivity index (χ3v) is 14.8. The van der Waals surface area contributed by atoms with Gasteiger partial charge in [0.2, 0.25) is 5.91 Å². The van der Waals surface area contributed by atoms with Gasteiger partial charge in [0.1, 0.15) is 0 Å². The summed E-state index contributed by atoms with van der Waals surface area (Å²) in [5.74, 6) is -0.0602. The molecule has 0 aliphatic carbocycles. The molecule has 0 aliphatic heterocycles. The lowest BCUT2D eigenvalue weighted by molar-refractivity contribution is -0.143. The molecule has 1 amide bonds. The van der Waals surface area contributed by atoms with Crippen molar-refractivity contribution in [3.8, 4) is 0 Å². The van der Waals surface area contributed by atoms with Crippen LogP contribution in [0.5, 0.6) is 0 Å². The van der Waals surface area contributed by atoms with E-state index in [0.717, 1.165) is 51.4 Å². The van der Waals surface area contributed by atoms with E-state index in [4.69, 9.17) is 4.74 Å². The summed E-state index contributed by atoms with van der Waals surface area (Å²) in [5.41, 5.74) is 0. The Bertz CT molecular complexity index is 1230. The van der Waals surface area contributed by atoms with Gasteiger partial charge in [-0.3, -0.25) is 9.59 Å². The fourth-order valence-electron chi connectivity index (χ4n) is 9.84. The summed E-state index contributed by atoms with van der Waals surface area (Å²) in [6.07, 6.45) is 80.4. The zero-order valence-corrected chi connectivity index (χ0v) is 48.9. The average Bonchev–Trinajstić information content (AvgIpc) is 3.39. The second-order valence-corrected chi connectivity index (χ2v) is 22.1. The van der Waals surface area contributed by atoms with Crippen molar-refractivity contribution in [2.75, 3.05) is 13.2 Å². The van der Waals surface area contributed by atoms with Gasteiger partial charge in [-0.25, -0.2) is 0 Å². The molecule has 0 aromatic carbocycles. The van der Waals surface area contributed by atoms with Gasteiger partial charge in [-0.05, 0) is 89.9 Å². The molecule has 0 bridgehead atoms. The highest BCUT2D eigenvalue weighted by Crippen LogP contribution is 2.17. The SMILES string of the molecule is CCCCC/C=C\C/C=C\CCCCCCCCCC(=O)OCCCCCCCCCCCCCC/C=C\CCCCCCCCCCCCCCCCC(=O)NC(CO)C(O)/C=C/CCCCCCCCC. The Morgan fingerprint density at radius 1 is 0.384 bits per heavy atom. The molecular formula is C67H125NO5. The van der Waals surface area contributed by atoms with Crippen molar-refractivity contribution in [1.82, 2.24) is 5.32 Å². The minimum Gasteiger partial charge on any atom is -0.466 e. The lowest BCUT2D eigenvalue weighted by atomic mass is 10.0. The van der Waals surface area contributed by atoms with Crippen LogP contribution in [0.4, 0.5) is 0 Å². The van der Waals surface area contributed by atoms with E-state index in [9.17, 15) is 19.8 Å². The van der Waals surface area contributed by atoms with Gasteiger partial charge in [0.25, 0.3) is 0 Å². The molecule has 0 aromatic rings. The molecule has 0 saturated carbocycles. The van der Waals surface area contributed by atoms with Crippen LogP contribution in [-0.4, -0.2) is 47.4 Å². The molecule has 2 unspecified atom stereocenters. The maximum absolute atomic E-state index is 12.4. The van der Waals surface area contributed by atoms with Crippen LogP contribution >= 0.6 is 0 Å². The molecule has 0 aromatic heterocycles. The molecular weight excluding hydrogens is 899 g/mol. The van der Waals surface area contributed by atoms with Gasteiger partial charge in [-0.1, -0.05) is 287 Å². The first-order valence-corrected chi connectivity index (χ1v) is 32.4. The highest BCUT2D eigenvalue weighted by molar-refractivity contribution is 5.76. The Balaban J connectivity index is 3.35. The first-order valence-electron chi connectivity index (χ1n) is 32.4. The van der Waals surface area contributed by atoms with Gasteiger partial charge in [0.05, 0.1) is 25.4 Å². The molecule has 3 N–H and O–H groups in total. The molecule has 73 heavy (non-hydrogen) atoms. The highest BCUT2D eigenvalue weighted by atomic mass is 16.5. The van der Waals surface area contributed by atoms with Gasteiger partial charge >= 0.3 is 5.97 Å². The van der Waals surface area contributed by atoms with E-state index >= 15 is 0 Å². The van der Waals surface area contributed by atoms with Crippen molar-refractivity contribution in [2.24, 2.45) is 0 Å². The Kier molecular flexibility index (Phi) is 60.5. The van der Waals surface area contributed by atoms with Crippen molar-refractivity contribution in [2.45, 2.75) is 353 Å².